The van der Waals surface area contributed by atoms with Crippen LogP contribution in [0.3, 0.4) is 0 Å². The van der Waals surface area contributed by atoms with E-state index in [9.17, 15) is 4.79 Å². The third kappa shape index (κ3) is 5.46. The second-order valence-corrected chi connectivity index (χ2v) is 5.50. The lowest BCUT2D eigenvalue weighted by Crippen LogP contribution is -2.09. The third-order valence-corrected chi connectivity index (χ3v) is 3.23. The van der Waals surface area contributed by atoms with Gasteiger partial charge in [0.05, 0.1) is 18.2 Å². The predicted molar refractivity (Wildman–Crippen MR) is 72.4 cm³/mol. The molecular formula is C12H20N2O3S. The number of anilines is 1. The largest absolute Gasteiger partial charge is 0.481 e. The normalized spacial score (nSPS) is 10.9. The Balaban J connectivity index is 2.32. The lowest BCUT2D eigenvalue weighted by Gasteiger charge is -2.07. The Bertz CT molecular complexity index is 391. The summed E-state index contributed by atoms with van der Waals surface area (Å²) in [6.07, 6.45) is 1.15. The molecule has 1 aromatic heterocycles. The maximum atomic E-state index is 10.6. The van der Waals surface area contributed by atoms with Crippen LogP contribution in [0.4, 0.5) is 5.13 Å². The molecule has 0 unspecified atom stereocenters. The molecule has 2 N–H and O–H groups in total. The molecule has 0 spiro atoms. The average molecular weight is 272 g/mol. The van der Waals surface area contributed by atoms with Crippen LogP contribution in [0.15, 0.2) is 0 Å². The molecule has 18 heavy (non-hydrogen) atoms. The van der Waals surface area contributed by atoms with Gasteiger partial charge >= 0.3 is 5.97 Å². The van der Waals surface area contributed by atoms with Gasteiger partial charge in [-0.25, -0.2) is 4.98 Å². The van der Waals surface area contributed by atoms with Crippen molar-refractivity contribution >= 4 is 22.4 Å². The summed E-state index contributed by atoms with van der Waals surface area (Å²) in [5.74, 6) is -0.847. The standard InChI is InChI=1S/C12H20N2O3S/c1-8(2)17-6-4-5-13-12-14-10(7-11(15)16)9(3)18-12/h8H,4-7H2,1-3H3,(H,13,14)(H,15,16). The van der Waals surface area contributed by atoms with E-state index in [0.717, 1.165) is 29.6 Å². The molecule has 0 aliphatic carbocycles. The fraction of sp³-hybridized carbons (Fsp3) is 0.667. The van der Waals surface area contributed by atoms with Crippen molar-refractivity contribution in [3.8, 4) is 0 Å². The van der Waals surface area contributed by atoms with Gasteiger partial charge in [-0.1, -0.05) is 0 Å². The van der Waals surface area contributed by atoms with Crippen molar-refractivity contribution in [2.24, 2.45) is 0 Å². The molecule has 0 radical (unpaired) electrons. The highest BCUT2D eigenvalue weighted by atomic mass is 32.1. The van der Waals surface area contributed by atoms with Crippen LogP contribution in [0.5, 0.6) is 0 Å². The first-order valence-corrected chi connectivity index (χ1v) is 6.84. The molecule has 0 fully saturated rings. The second-order valence-electron chi connectivity index (χ2n) is 4.29. The number of rotatable bonds is 8. The van der Waals surface area contributed by atoms with E-state index < -0.39 is 5.97 Å². The SMILES string of the molecule is Cc1sc(NCCCOC(C)C)nc1CC(=O)O. The number of aromatic nitrogens is 1. The van der Waals surface area contributed by atoms with Gasteiger partial charge in [-0.05, 0) is 27.2 Å². The van der Waals surface area contributed by atoms with Gasteiger partial charge in [0.25, 0.3) is 0 Å². The first kappa shape index (κ1) is 14.9. The predicted octanol–water partition coefficient (Wildman–Crippen LogP) is 2.31. The van der Waals surface area contributed by atoms with Crippen LogP contribution in [0, 0.1) is 6.92 Å². The number of nitrogens with one attached hydrogen (secondary N) is 1. The molecule has 0 amide bonds. The van der Waals surface area contributed by atoms with Crippen molar-refractivity contribution in [2.75, 3.05) is 18.5 Å². The summed E-state index contributed by atoms with van der Waals surface area (Å²) in [5, 5.41) is 12.7. The number of carboxylic acid groups (broad SMARTS) is 1. The topological polar surface area (TPSA) is 71.5 Å². The number of nitrogens with zero attached hydrogens (tertiary/aromatic N) is 1. The first-order valence-electron chi connectivity index (χ1n) is 6.02. The number of thiazole rings is 1. The van der Waals surface area contributed by atoms with Crippen molar-refractivity contribution in [3.63, 3.8) is 0 Å². The fourth-order valence-corrected chi connectivity index (χ4v) is 2.25. The van der Waals surface area contributed by atoms with E-state index in [1.807, 2.05) is 20.8 Å². The molecule has 102 valence electrons. The van der Waals surface area contributed by atoms with Crippen molar-refractivity contribution in [1.82, 2.24) is 4.98 Å². The van der Waals surface area contributed by atoms with Crippen molar-refractivity contribution in [1.29, 1.82) is 0 Å². The summed E-state index contributed by atoms with van der Waals surface area (Å²) in [6, 6.07) is 0. The van der Waals surface area contributed by atoms with E-state index in [1.165, 1.54) is 11.3 Å². The van der Waals surface area contributed by atoms with E-state index >= 15 is 0 Å². The van der Waals surface area contributed by atoms with Crippen molar-refractivity contribution < 1.29 is 14.6 Å². The van der Waals surface area contributed by atoms with Crippen LogP contribution in [0.25, 0.3) is 0 Å². The molecule has 5 nitrogen and oxygen atoms in total. The van der Waals surface area contributed by atoms with Gasteiger partial charge in [0.15, 0.2) is 5.13 Å². The van der Waals surface area contributed by atoms with Crippen LogP contribution in [0.1, 0.15) is 30.8 Å². The Morgan fingerprint density at radius 2 is 2.28 bits per heavy atom. The highest BCUT2D eigenvalue weighted by Gasteiger charge is 2.10. The zero-order valence-electron chi connectivity index (χ0n) is 11.0. The Kier molecular flexibility index (Phi) is 6.07. The van der Waals surface area contributed by atoms with Gasteiger partial charge in [-0.3, -0.25) is 4.79 Å². The summed E-state index contributed by atoms with van der Waals surface area (Å²) in [7, 11) is 0. The van der Waals surface area contributed by atoms with Crippen LogP contribution in [-0.4, -0.2) is 35.3 Å². The monoisotopic (exact) mass is 272 g/mol. The molecule has 0 aliphatic rings. The van der Waals surface area contributed by atoms with Crippen molar-refractivity contribution in [2.45, 2.75) is 39.7 Å². The van der Waals surface area contributed by atoms with Gasteiger partial charge in [0.1, 0.15) is 0 Å². The number of carbonyl (C=O) groups is 1. The quantitative estimate of drug-likeness (QED) is 0.711. The summed E-state index contributed by atoms with van der Waals surface area (Å²) >= 11 is 1.49. The van der Waals surface area contributed by atoms with E-state index in [0.29, 0.717) is 5.69 Å². The Hall–Kier alpha value is -1.14. The number of hydrogen-bond donors (Lipinski definition) is 2. The Morgan fingerprint density at radius 1 is 1.56 bits per heavy atom. The van der Waals surface area contributed by atoms with Gasteiger partial charge in [0, 0.05) is 18.0 Å². The minimum Gasteiger partial charge on any atom is -0.481 e. The zero-order valence-corrected chi connectivity index (χ0v) is 11.8. The van der Waals surface area contributed by atoms with Crippen LogP contribution in [-0.2, 0) is 16.0 Å². The number of hydrogen-bond acceptors (Lipinski definition) is 5. The number of aryl methyl sites for hydroxylation is 1. The first-order chi connectivity index (χ1) is 8.49. The van der Waals surface area contributed by atoms with E-state index in [4.69, 9.17) is 9.84 Å². The molecule has 6 heteroatoms. The van der Waals surface area contributed by atoms with Gasteiger partial charge < -0.3 is 15.2 Å². The summed E-state index contributed by atoms with van der Waals surface area (Å²) in [6.45, 7) is 7.41. The molecule has 1 heterocycles. The number of carboxylic acids is 1. The summed E-state index contributed by atoms with van der Waals surface area (Å²) in [5.41, 5.74) is 0.647. The molecule has 0 aromatic carbocycles. The number of aliphatic carboxylic acids is 1. The number of ether oxygens (including phenoxy) is 1. The molecule has 1 aromatic rings. The minimum absolute atomic E-state index is 0.0134. The van der Waals surface area contributed by atoms with E-state index in [-0.39, 0.29) is 12.5 Å². The van der Waals surface area contributed by atoms with Crippen LogP contribution >= 0.6 is 11.3 Å². The fourth-order valence-electron chi connectivity index (χ4n) is 1.40. The lowest BCUT2D eigenvalue weighted by atomic mass is 10.3. The smallest absolute Gasteiger partial charge is 0.309 e. The second kappa shape index (κ2) is 7.33. The molecule has 1 rings (SSSR count). The Morgan fingerprint density at radius 3 is 2.89 bits per heavy atom. The minimum atomic E-state index is -0.847. The summed E-state index contributed by atoms with van der Waals surface area (Å²) < 4.78 is 5.43. The zero-order chi connectivity index (χ0) is 13.5. The van der Waals surface area contributed by atoms with Gasteiger partial charge in [0.2, 0.25) is 0 Å². The molecule has 0 saturated carbocycles. The van der Waals surface area contributed by atoms with E-state index in [1.54, 1.807) is 0 Å². The highest BCUT2D eigenvalue weighted by Crippen LogP contribution is 2.22. The lowest BCUT2D eigenvalue weighted by molar-refractivity contribution is -0.136. The summed E-state index contributed by atoms with van der Waals surface area (Å²) in [4.78, 5) is 15.8. The third-order valence-electron chi connectivity index (χ3n) is 2.26. The molecule has 0 saturated heterocycles. The van der Waals surface area contributed by atoms with E-state index in [2.05, 4.69) is 10.3 Å². The van der Waals surface area contributed by atoms with Crippen molar-refractivity contribution in [3.05, 3.63) is 10.6 Å². The highest BCUT2D eigenvalue weighted by molar-refractivity contribution is 7.15. The van der Waals surface area contributed by atoms with Gasteiger partial charge in [-0.15, -0.1) is 11.3 Å². The Labute approximate surface area is 111 Å². The average Bonchev–Trinajstić information content (AvgIpc) is 2.57. The van der Waals surface area contributed by atoms with Crippen LogP contribution < -0.4 is 5.32 Å². The molecule has 0 aliphatic heterocycles. The maximum Gasteiger partial charge on any atom is 0.309 e. The molecule has 0 atom stereocenters. The van der Waals surface area contributed by atoms with Crippen LogP contribution in [0.2, 0.25) is 0 Å². The van der Waals surface area contributed by atoms with Gasteiger partial charge in [-0.2, -0.15) is 0 Å². The maximum absolute atomic E-state index is 10.6. The molecule has 0 bridgehead atoms. The molecular weight excluding hydrogens is 252 g/mol.